The molecule has 0 aliphatic carbocycles. The zero-order valence-corrected chi connectivity index (χ0v) is 10.5. The SMILES string of the molecule is Fc1cc(F)c(F)c(F)c1F.O=S([O-])O.[Na+]. The maximum atomic E-state index is 12.0. The number of rotatable bonds is 0. The summed E-state index contributed by atoms with van der Waals surface area (Å²) >= 11 is -2.86. The summed E-state index contributed by atoms with van der Waals surface area (Å²) in [5.74, 6) is -9.65. The van der Waals surface area contributed by atoms with Gasteiger partial charge in [0.25, 0.3) is 0 Å². The molecule has 1 aromatic carbocycles. The van der Waals surface area contributed by atoms with Gasteiger partial charge in [-0.2, -0.15) is 0 Å². The molecule has 1 atom stereocenters. The quantitative estimate of drug-likeness (QED) is 0.210. The van der Waals surface area contributed by atoms with Crippen molar-refractivity contribution in [3.63, 3.8) is 0 Å². The predicted molar refractivity (Wildman–Crippen MR) is 37.8 cm³/mol. The molecule has 1 unspecified atom stereocenters. The van der Waals surface area contributed by atoms with E-state index in [1.807, 2.05) is 0 Å². The number of hydrogen-bond donors (Lipinski definition) is 1. The van der Waals surface area contributed by atoms with Gasteiger partial charge in [-0.15, -0.1) is 0 Å². The Labute approximate surface area is 111 Å². The van der Waals surface area contributed by atoms with E-state index in [-0.39, 0.29) is 35.6 Å². The van der Waals surface area contributed by atoms with Gasteiger partial charge in [0.1, 0.15) is 0 Å². The van der Waals surface area contributed by atoms with Gasteiger partial charge in [-0.1, -0.05) is 0 Å². The predicted octanol–water partition coefficient (Wildman–Crippen LogP) is -1.28. The molecule has 0 aliphatic rings. The summed E-state index contributed by atoms with van der Waals surface area (Å²) in [6.07, 6.45) is 0. The monoisotopic (exact) mass is 272 g/mol. The molecule has 16 heavy (non-hydrogen) atoms. The van der Waals surface area contributed by atoms with Crippen molar-refractivity contribution in [2.24, 2.45) is 0 Å². The Morgan fingerprint density at radius 2 is 1.25 bits per heavy atom. The first kappa shape index (κ1) is 18.3. The molecule has 0 amide bonds. The number of halogens is 5. The standard InChI is InChI=1S/C6HF5.Na.H2O3S/c7-2-1-3(8)5(10)6(11)4(2)9;;1-4(2)3/h1H;;(H2,1,2,3)/q;+1;/p-1. The van der Waals surface area contributed by atoms with Gasteiger partial charge in [0, 0.05) is 6.07 Å². The van der Waals surface area contributed by atoms with Crippen LogP contribution in [-0.2, 0) is 11.4 Å². The summed E-state index contributed by atoms with van der Waals surface area (Å²) in [5, 5.41) is 0. The third-order valence-corrected chi connectivity index (χ3v) is 1.06. The Morgan fingerprint density at radius 1 is 1.00 bits per heavy atom. The molecular formula is C6H2F5NaO3S. The normalized spacial score (nSPS) is 10.9. The van der Waals surface area contributed by atoms with Gasteiger partial charge < -0.3 is 9.11 Å². The van der Waals surface area contributed by atoms with Crippen molar-refractivity contribution in [1.29, 1.82) is 0 Å². The van der Waals surface area contributed by atoms with E-state index < -0.39 is 40.4 Å². The summed E-state index contributed by atoms with van der Waals surface area (Å²) in [7, 11) is 0. The van der Waals surface area contributed by atoms with Crippen molar-refractivity contribution < 1.29 is 64.8 Å². The smallest absolute Gasteiger partial charge is 0.750 e. The van der Waals surface area contributed by atoms with Gasteiger partial charge in [-0.05, 0) is 0 Å². The Hall–Kier alpha value is -0.0600. The number of benzene rings is 1. The van der Waals surface area contributed by atoms with Crippen molar-refractivity contribution in [2.45, 2.75) is 0 Å². The maximum Gasteiger partial charge on any atom is 1.00 e. The van der Waals surface area contributed by atoms with Crippen LogP contribution in [0.25, 0.3) is 0 Å². The Kier molecular flexibility index (Phi) is 9.26. The van der Waals surface area contributed by atoms with Crippen LogP contribution in [-0.4, -0.2) is 13.3 Å². The maximum absolute atomic E-state index is 12.0. The molecule has 0 bridgehead atoms. The van der Waals surface area contributed by atoms with Crippen LogP contribution in [0, 0.1) is 29.1 Å². The van der Waals surface area contributed by atoms with E-state index in [9.17, 15) is 22.0 Å². The Bertz CT molecular complexity index is 359. The van der Waals surface area contributed by atoms with Crippen LogP contribution in [0.4, 0.5) is 22.0 Å². The summed E-state index contributed by atoms with van der Waals surface area (Å²) < 4.78 is 84.1. The van der Waals surface area contributed by atoms with Gasteiger partial charge in [0.05, 0.1) is 11.4 Å². The minimum absolute atomic E-state index is 0. The number of hydrogen-bond acceptors (Lipinski definition) is 2. The molecule has 1 N–H and O–H groups in total. The molecule has 0 fully saturated rings. The fourth-order valence-corrected chi connectivity index (χ4v) is 0.544. The van der Waals surface area contributed by atoms with Gasteiger partial charge in [0.2, 0.25) is 5.82 Å². The first-order valence-corrected chi connectivity index (χ1v) is 4.07. The van der Waals surface area contributed by atoms with Crippen LogP contribution < -0.4 is 29.6 Å². The van der Waals surface area contributed by atoms with Crippen molar-refractivity contribution in [2.75, 3.05) is 0 Å². The van der Waals surface area contributed by atoms with Crippen molar-refractivity contribution in [3.05, 3.63) is 35.2 Å². The minimum Gasteiger partial charge on any atom is -0.750 e. The molecule has 0 saturated heterocycles. The minimum atomic E-state index is -2.86. The third-order valence-electron chi connectivity index (χ3n) is 1.06. The molecule has 0 heterocycles. The molecule has 3 nitrogen and oxygen atoms in total. The van der Waals surface area contributed by atoms with Crippen LogP contribution in [0.2, 0.25) is 0 Å². The Balaban J connectivity index is 0. The fraction of sp³-hybridized carbons (Fsp3) is 0. The van der Waals surface area contributed by atoms with Crippen LogP contribution in [0.1, 0.15) is 0 Å². The molecule has 86 valence electrons. The molecule has 0 aromatic heterocycles. The van der Waals surface area contributed by atoms with E-state index in [1.165, 1.54) is 0 Å². The van der Waals surface area contributed by atoms with Crippen LogP contribution >= 0.6 is 0 Å². The van der Waals surface area contributed by atoms with Gasteiger partial charge in [-0.3, -0.25) is 0 Å². The zero-order valence-electron chi connectivity index (χ0n) is 7.64. The molecule has 0 radical (unpaired) electrons. The van der Waals surface area contributed by atoms with E-state index >= 15 is 0 Å². The molecule has 0 aliphatic heterocycles. The average Bonchev–Trinajstić information content (AvgIpc) is 2.11. The Morgan fingerprint density at radius 3 is 1.50 bits per heavy atom. The van der Waals surface area contributed by atoms with Gasteiger partial charge >= 0.3 is 29.6 Å². The topological polar surface area (TPSA) is 60.4 Å². The molecule has 10 heteroatoms. The third kappa shape index (κ3) is 5.87. The second-order valence-electron chi connectivity index (χ2n) is 2.00. The van der Waals surface area contributed by atoms with Crippen LogP contribution in [0.5, 0.6) is 0 Å². The van der Waals surface area contributed by atoms with Crippen molar-refractivity contribution >= 4 is 11.4 Å². The summed E-state index contributed by atoms with van der Waals surface area (Å²) in [4.78, 5) is 0. The van der Waals surface area contributed by atoms with E-state index in [1.54, 1.807) is 0 Å². The average molecular weight is 272 g/mol. The first-order chi connectivity index (χ1) is 6.77. The van der Waals surface area contributed by atoms with Crippen LogP contribution in [0.15, 0.2) is 6.07 Å². The molecule has 1 aromatic rings. The van der Waals surface area contributed by atoms with Crippen LogP contribution in [0.3, 0.4) is 0 Å². The summed E-state index contributed by atoms with van der Waals surface area (Å²) in [6.45, 7) is 0. The van der Waals surface area contributed by atoms with E-state index in [0.29, 0.717) is 0 Å². The van der Waals surface area contributed by atoms with Crippen molar-refractivity contribution in [1.82, 2.24) is 0 Å². The summed E-state index contributed by atoms with van der Waals surface area (Å²) in [6, 6.07) is -0.0618. The second kappa shape index (κ2) is 8.09. The second-order valence-corrected chi connectivity index (χ2v) is 2.43. The van der Waals surface area contributed by atoms with Crippen molar-refractivity contribution in [3.8, 4) is 0 Å². The van der Waals surface area contributed by atoms with Gasteiger partial charge in [0.15, 0.2) is 23.3 Å². The van der Waals surface area contributed by atoms with E-state index in [0.717, 1.165) is 0 Å². The first-order valence-electron chi connectivity index (χ1n) is 3.04. The van der Waals surface area contributed by atoms with E-state index in [4.69, 9.17) is 13.3 Å². The van der Waals surface area contributed by atoms with E-state index in [2.05, 4.69) is 0 Å². The largest absolute Gasteiger partial charge is 1.00 e. The molecule has 1 rings (SSSR count). The molecule has 0 saturated carbocycles. The van der Waals surface area contributed by atoms with Gasteiger partial charge in [-0.25, -0.2) is 26.2 Å². The fourth-order valence-electron chi connectivity index (χ4n) is 0.544. The summed E-state index contributed by atoms with van der Waals surface area (Å²) in [5.41, 5.74) is 0. The molecule has 0 spiro atoms. The molecular weight excluding hydrogens is 270 g/mol. The zero-order chi connectivity index (χ0) is 12.2.